The zero-order chi connectivity index (χ0) is 10.6. The Balaban J connectivity index is 2.50. The Hall–Kier alpha value is -0.610. The van der Waals surface area contributed by atoms with Crippen molar-refractivity contribution in [1.82, 2.24) is 5.32 Å². The number of hydrogen-bond donors (Lipinski definition) is 2. The average molecular weight is 201 g/mol. The van der Waals surface area contributed by atoms with Crippen molar-refractivity contribution in [3.05, 3.63) is 0 Å². The smallest absolute Gasteiger partial charge is 0.320 e. The minimum Gasteiger partial charge on any atom is -0.480 e. The van der Waals surface area contributed by atoms with Crippen molar-refractivity contribution < 1.29 is 14.6 Å². The van der Waals surface area contributed by atoms with E-state index in [0.29, 0.717) is 13.0 Å². The highest BCUT2D eigenvalue weighted by atomic mass is 16.5. The van der Waals surface area contributed by atoms with Crippen LogP contribution in [0.2, 0.25) is 0 Å². The fraction of sp³-hybridized carbons (Fsp3) is 0.900. The van der Waals surface area contributed by atoms with E-state index < -0.39 is 12.0 Å². The Morgan fingerprint density at radius 1 is 1.71 bits per heavy atom. The molecule has 0 aromatic carbocycles. The van der Waals surface area contributed by atoms with E-state index in [9.17, 15) is 4.79 Å². The number of carbonyl (C=O) groups is 1. The first kappa shape index (κ1) is 11.5. The fourth-order valence-electron chi connectivity index (χ4n) is 1.81. The fourth-order valence-corrected chi connectivity index (χ4v) is 1.81. The zero-order valence-corrected chi connectivity index (χ0v) is 8.88. The monoisotopic (exact) mass is 201 g/mol. The summed E-state index contributed by atoms with van der Waals surface area (Å²) in [5, 5.41) is 12.1. The molecule has 0 bridgehead atoms. The molecule has 0 spiro atoms. The molecule has 1 heterocycles. The summed E-state index contributed by atoms with van der Waals surface area (Å²) in [6, 6.07) is -0.457. The van der Waals surface area contributed by atoms with E-state index in [1.165, 1.54) is 0 Å². The molecule has 0 radical (unpaired) electrons. The maximum atomic E-state index is 10.8. The number of hydrogen-bond acceptors (Lipinski definition) is 3. The molecule has 1 aliphatic rings. The third kappa shape index (κ3) is 2.96. The number of carboxylic acids is 1. The Morgan fingerprint density at radius 3 is 2.86 bits per heavy atom. The molecule has 14 heavy (non-hydrogen) atoms. The van der Waals surface area contributed by atoms with Gasteiger partial charge in [-0.15, -0.1) is 0 Å². The van der Waals surface area contributed by atoms with E-state index in [2.05, 4.69) is 5.32 Å². The first-order valence-electron chi connectivity index (χ1n) is 5.15. The normalized spacial score (nSPS) is 29.9. The summed E-state index contributed by atoms with van der Waals surface area (Å²) < 4.78 is 5.35. The maximum absolute atomic E-state index is 10.8. The van der Waals surface area contributed by atoms with Crippen LogP contribution in [-0.2, 0) is 9.53 Å². The van der Waals surface area contributed by atoms with E-state index in [0.717, 1.165) is 19.4 Å². The summed E-state index contributed by atoms with van der Waals surface area (Å²) in [4.78, 5) is 10.8. The molecule has 4 heteroatoms. The standard InChI is InChI=1S/C10H19NO3/c1-3-8(9(12)13)11-10(2)5-4-6-14-7-10/h8,11H,3-7H2,1-2H3,(H,12,13). The second-order valence-corrected chi connectivity index (χ2v) is 4.16. The average Bonchev–Trinajstić information content (AvgIpc) is 2.15. The lowest BCUT2D eigenvalue weighted by atomic mass is 9.93. The summed E-state index contributed by atoms with van der Waals surface area (Å²) in [5.41, 5.74) is -0.169. The van der Waals surface area contributed by atoms with Crippen LogP contribution in [0.1, 0.15) is 33.1 Å². The number of aliphatic carboxylic acids is 1. The van der Waals surface area contributed by atoms with Crippen molar-refractivity contribution in [2.75, 3.05) is 13.2 Å². The van der Waals surface area contributed by atoms with Crippen LogP contribution in [-0.4, -0.2) is 35.9 Å². The van der Waals surface area contributed by atoms with Gasteiger partial charge in [0.2, 0.25) is 0 Å². The molecule has 0 aromatic heterocycles. The van der Waals surface area contributed by atoms with Gasteiger partial charge in [0.15, 0.2) is 0 Å². The van der Waals surface area contributed by atoms with Gasteiger partial charge in [0.05, 0.1) is 6.61 Å². The lowest BCUT2D eigenvalue weighted by molar-refractivity contribution is -0.140. The van der Waals surface area contributed by atoms with Crippen LogP contribution in [0.5, 0.6) is 0 Å². The molecule has 1 saturated heterocycles. The third-order valence-electron chi connectivity index (χ3n) is 2.67. The van der Waals surface area contributed by atoms with Gasteiger partial charge in [0, 0.05) is 12.1 Å². The van der Waals surface area contributed by atoms with Crippen LogP contribution in [0, 0.1) is 0 Å². The van der Waals surface area contributed by atoms with E-state index in [1.54, 1.807) is 0 Å². The second-order valence-electron chi connectivity index (χ2n) is 4.16. The summed E-state index contributed by atoms with van der Waals surface area (Å²) in [6.45, 7) is 5.30. The summed E-state index contributed by atoms with van der Waals surface area (Å²) >= 11 is 0. The molecule has 1 aliphatic heterocycles. The quantitative estimate of drug-likeness (QED) is 0.712. The topological polar surface area (TPSA) is 58.6 Å². The van der Waals surface area contributed by atoms with E-state index in [-0.39, 0.29) is 5.54 Å². The van der Waals surface area contributed by atoms with Crippen molar-refractivity contribution in [2.45, 2.75) is 44.7 Å². The maximum Gasteiger partial charge on any atom is 0.320 e. The van der Waals surface area contributed by atoms with E-state index >= 15 is 0 Å². The predicted molar refractivity (Wildman–Crippen MR) is 53.3 cm³/mol. The molecule has 1 fully saturated rings. The molecule has 1 rings (SSSR count). The van der Waals surface area contributed by atoms with Crippen LogP contribution in [0.15, 0.2) is 0 Å². The molecule has 2 atom stereocenters. The zero-order valence-electron chi connectivity index (χ0n) is 8.88. The first-order chi connectivity index (χ1) is 6.57. The van der Waals surface area contributed by atoms with Gasteiger partial charge in [-0.05, 0) is 26.2 Å². The summed E-state index contributed by atoms with van der Waals surface area (Å²) in [7, 11) is 0. The Kier molecular flexibility index (Phi) is 3.89. The van der Waals surface area contributed by atoms with Crippen molar-refractivity contribution in [2.24, 2.45) is 0 Å². The Morgan fingerprint density at radius 2 is 2.43 bits per heavy atom. The number of nitrogens with one attached hydrogen (secondary N) is 1. The van der Waals surface area contributed by atoms with Crippen LogP contribution in [0.25, 0.3) is 0 Å². The van der Waals surface area contributed by atoms with Crippen LogP contribution < -0.4 is 5.32 Å². The van der Waals surface area contributed by atoms with Crippen molar-refractivity contribution in [1.29, 1.82) is 0 Å². The first-order valence-corrected chi connectivity index (χ1v) is 5.15. The number of ether oxygens (including phenoxy) is 1. The van der Waals surface area contributed by atoms with E-state index in [4.69, 9.17) is 9.84 Å². The van der Waals surface area contributed by atoms with Gasteiger partial charge in [0.25, 0.3) is 0 Å². The molecule has 0 aromatic rings. The Bertz CT molecular complexity index is 200. The van der Waals surface area contributed by atoms with Gasteiger partial charge in [0.1, 0.15) is 6.04 Å². The lowest BCUT2D eigenvalue weighted by Gasteiger charge is -2.36. The molecule has 82 valence electrons. The predicted octanol–water partition coefficient (Wildman–Crippen LogP) is 1.01. The highest BCUT2D eigenvalue weighted by Crippen LogP contribution is 2.19. The SMILES string of the molecule is CCC(NC1(C)CCCOC1)C(=O)O. The molecule has 0 aliphatic carbocycles. The second kappa shape index (κ2) is 4.75. The van der Waals surface area contributed by atoms with Gasteiger partial charge >= 0.3 is 5.97 Å². The van der Waals surface area contributed by atoms with Crippen molar-refractivity contribution in [3.63, 3.8) is 0 Å². The van der Waals surface area contributed by atoms with Crippen molar-refractivity contribution >= 4 is 5.97 Å². The molecule has 0 amide bonds. The van der Waals surface area contributed by atoms with Gasteiger partial charge in [-0.1, -0.05) is 6.92 Å². The van der Waals surface area contributed by atoms with E-state index in [1.807, 2.05) is 13.8 Å². The molecule has 2 N–H and O–H groups in total. The highest BCUT2D eigenvalue weighted by Gasteiger charge is 2.31. The molecule has 4 nitrogen and oxygen atoms in total. The minimum absolute atomic E-state index is 0.169. The summed E-state index contributed by atoms with van der Waals surface area (Å²) in [6.07, 6.45) is 2.58. The van der Waals surface area contributed by atoms with Gasteiger partial charge in [-0.3, -0.25) is 10.1 Å². The van der Waals surface area contributed by atoms with Crippen LogP contribution in [0.3, 0.4) is 0 Å². The summed E-state index contributed by atoms with van der Waals surface area (Å²) in [5.74, 6) is -0.778. The van der Waals surface area contributed by atoms with Crippen molar-refractivity contribution in [3.8, 4) is 0 Å². The molecular weight excluding hydrogens is 182 g/mol. The molecule has 2 unspecified atom stereocenters. The number of rotatable bonds is 4. The Labute approximate surface area is 84.6 Å². The van der Waals surface area contributed by atoms with Gasteiger partial charge in [-0.2, -0.15) is 0 Å². The van der Waals surface area contributed by atoms with Gasteiger partial charge in [-0.25, -0.2) is 0 Å². The largest absolute Gasteiger partial charge is 0.480 e. The lowest BCUT2D eigenvalue weighted by Crippen LogP contribution is -2.55. The minimum atomic E-state index is -0.778. The molecule has 0 saturated carbocycles. The molecular formula is C10H19NO3. The van der Waals surface area contributed by atoms with Crippen LogP contribution in [0.4, 0.5) is 0 Å². The highest BCUT2D eigenvalue weighted by molar-refractivity contribution is 5.73. The third-order valence-corrected chi connectivity index (χ3v) is 2.67. The number of carboxylic acid groups (broad SMARTS) is 1. The van der Waals surface area contributed by atoms with Gasteiger partial charge < -0.3 is 9.84 Å². The van der Waals surface area contributed by atoms with Crippen LogP contribution >= 0.6 is 0 Å².